The number of carboxylic acid groups (broad SMARTS) is 1. The molecule has 1 saturated heterocycles. The molecule has 0 aromatic carbocycles. The third-order valence-corrected chi connectivity index (χ3v) is 7.77. The number of nitrogens with one attached hydrogen (secondary N) is 1. The molecule has 4 rings (SSSR count). The van der Waals surface area contributed by atoms with Crippen molar-refractivity contribution in [1.29, 1.82) is 0 Å². The molecule has 2 aromatic heterocycles. The first-order chi connectivity index (χ1) is 17.2. The fraction of sp³-hybridized carbons (Fsp3) is 0.591. The molecule has 0 unspecified atom stereocenters. The number of aryl methyl sites for hydroxylation is 1. The van der Waals surface area contributed by atoms with Gasteiger partial charge in [-0.25, -0.2) is 14.8 Å². The molecule has 37 heavy (non-hydrogen) atoms. The molecular weight excluding hydrogens is 533 g/mol. The normalized spacial score (nSPS) is 23.5. The molecule has 4 N–H and O–H groups in total. The van der Waals surface area contributed by atoms with E-state index in [1.807, 2.05) is 18.5 Å². The van der Waals surface area contributed by atoms with Crippen molar-refractivity contribution in [3.63, 3.8) is 0 Å². The van der Waals surface area contributed by atoms with E-state index >= 15 is 0 Å². The van der Waals surface area contributed by atoms with Gasteiger partial charge in [-0.3, -0.25) is 9.48 Å². The second-order valence-corrected chi connectivity index (χ2v) is 11.2. The van der Waals surface area contributed by atoms with Crippen LogP contribution >= 0.6 is 23.1 Å². The number of alkyl halides is 3. The van der Waals surface area contributed by atoms with Crippen molar-refractivity contribution in [1.82, 2.24) is 14.8 Å². The van der Waals surface area contributed by atoms with Gasteiger partial charge in [0.15, 0.2) is 10.9 Å². The van der Waals surface area contributed by atoms with Crippen LogP contribution in [-0.4, -0.2) is 61.6 Å². The van der Waals surface area contributed by atoms with E-state index < -0.39 is 17.7 Å². The Bertz CT molecular complexity index is 1170. The highest BCUT2D eigenvalue weighted by Gasteiger charge is 2.49. The predicted molar refractivity (Wildman–Crippen MR) is 135 cm³/mol. The summed E-state index contributed by atoms with van der Waals surface area (Å²) in [5.74, 6) is -0.810. The summed E-state index contributed by atoms with van der Waals surface area (Å²) in [5, 5.41) is 17.6. The van der Waals surface area contributed by atoms with Crippen molar-refractivity contribution in [2.24, 2.45) is 29.6 Å². The minimum Gasteiger partial charge on any atom is -0.475 e. The summed E-state index contributed by atoms with van der Waals surface area (Å²) in [5.41, 5.74) is 6.93. The summed E-state index contributed by atoms with van der Waals surface area (Å²) in [6, 6.07) is 1.84. The number of thioether (sulfide) groups is 1. The largest absolute Gasteiger partial charge is 0.490 e. The quantitative estimate of drug-likeness (QED) is 0.501. The number of amidine groups is 1. The smallest absolute Gasteiger partial charge is 0.475 e. The number of aliphatic carboxylic acids is 1. The van der Waals surface area contributed by atoms with Crippen molar-refractivity contribution < 1.29 is 32.6 Å². The van der Waals surface area contributed by atoms with Crippen molar-refractivity contribution in [3.8, 4) is 0 Å². The number of carbonyl (C=O) groups is 2. The van der Waals surface area contributed by atoms with Crippen molar-refractivity contribution in [2.75, 3.05) is 17.7 Å². The summed E-state index contributed by atoms with van der Waals surface area (Å²) >= 11 is 3.08. The van der Waals surface area contributed by atoms with E-state index in [9.17, 15) is 18.0 Å². The van der Waals surface area contributed by atoms with Gasteiger partial charge in [0.25, 0.3) is 5.91 Å². The third-order valence-electron chi connectivity index (χ3n) is 5.81. The van der Waals surface area contributed by atoms with Gasteiger partial charge < -0.3 is 20.9 Å². The third kappa shape index (κ3) is 7.02. The zero-order valence-electron chi connectivity index (χ0n) is 20.7. The molecule has 0 bridgehead atoms. The topological polar surface area (TPSA) is 145 Å². The van der Waals surface area contributed by atoms with Crippen LogP contribution in [0.5, 0.6) is 0 Å². The molecule has 1 fully saturated rings. The van der Waals surface area contributed by atoms with Crippen LogP contribution < -0.4 is 11.1 Å². The lowest BCUT2D eigenvalue weighted by Gasteiger charge is -2.44. The molecular formula is C22H29F3N6O4S2. The predicted octanol–water partition coefficient (Wildman–Crippen LogP) is 3.64. The number of aromatic nitrogens is 3. The maximum atomic E-state index is 12.7. The van der Waals surface area contributed by atoms with Crippen molar-refractivity contribution in [2.45, 2.75) is 51.4 Å². The molecule has 4 heterocycles. The van der Waals surface area contributed by atoms with Crippen LogP contribution in [0.1, 0.15) is 48.4 Å². The summed E-state index contributed by atoms with van der Waals surface area (Å²) < 4.78 is 39.5. The first kappa shape index (κ1) is 28.9. The Balaban J connectivity index is 0.000000479. The van der Waals surface area contributed by atoms with Gasteiger partial charge in [-0.05, 0) is 31.7 Å². The molecule has 0 radical (unpaired) electrons. The van der Waals surface area contributed by atoms with Crippen molar-refractivity contribution in [3.05, 3.63) is 27.8 Å². The number of halogens is 3. The number of amides is 1. The van der Waals surface area contributed by atoms with Crippen LogP contribution in [0.25, 0.3) is 0 Å². The average molecular weight is 563 g/mol. The van der Waals surface area contributed by atoms with Crippen LogP contribution in [0, 0.1) is 11.8 Å². The lowest BCUT2D eigenvalue weighted by molar-refractivity contribution is -0.192. The standard InChI is InChI=1S/C20H28N6O2S2.C2HF3O2/c1-11(2)5-14-7-15(25-26(14)4)17(27)22-16-9-29-18(23-16)20-10-28-12(3)6-13(20)8-30-19(21)24-20;3-2(4,5)1(6)7/h7,9,11-13H,5-6,8,10H2,1-4H3,(H2,21,24)(H,22,27);(H,6,7)/t12-,13-,20-;/m0./s1. The number of hydrogen-bond donors (Lipinski definition) is 3. The molecule has 2 aliphatic heterocycles. The maximum absolute atomic E-state index is 12.7. The Kier molecular flexibility index (Phi) is 8.90. The van der Waals surface area contributed by atoms with Gasteiger partial charge in [0.05, 0.1) is 12.7 Å². The molecule has 2 aliphatic rings. The van der Waals surface area contributed by atoms with Crippen LogP contribution in [0.2, 0.25) is 0 Å². The minimum atomic E-state index is -5.08. The molecule has 0 aliphatic carbocycles. The number of carbonyl (C=O) groups excluding carboxylic acids is 1. The Labute approximate surface area is 219 Å². The molecule has 0 spiro atoms. The maximum Gasteiger partial charge on any atom is 0.490 e. The molecule has 3 atom stereocenters. The van der Waals surface area contributed by atoms with Gasteiger partial charge in [0.2, 0.25) is 0 Å². The molecule has 0 saturated carbocycles. The van der Waals surface area contributed by atoms with Crippen molar-refractivity contribution >= 4 is 46.0 Å². The highest BCUT2D eigenvalue weighted by Crippen LogP contribution is 2.47. The summed E-state index contributed by atoms with van der Waals surface area (Å²) in [6.07, 6.45) is -3.10. The lowest BCUT2D eigenvalue weighted by atomic mass is 9.80. The first-order valence-electron chi connectivity index (χ1n) is 11.4. The molecule has 1 amide bonds. The second-order valence-electron chi connectivity index (χ2n) is 9.28. The number of aliphatic imine (C=N–C) groups is 1. The van der Waals surface area contributed by atoms with Gasteiger partial charge >= 0.3 is 12.1 Å². The fourth-order valence-electron chi connectivity index (χ4n) is 4.02. The van der Waals surface area contributed by atoms with Gasteiger partial charge in [0.1, 0.15) is 16.4 Å². The molecule has 2 aromatic rings. The molecule has 204 valence electrons. The zero-order chi connectivity index (χ0) is 27.5. The Morgan fingerprint density at radius 2 is 2.08 bits per heavy atom. The Morgan fingerprint density at radius 1 is 1.41 bits per heavy atom. The SMILES string of the molecule is CC(C)Cc1cc(C(=O)Nc2csc([C@]34CO[C@@H](C)C[C@H]3CSC(N)=N4)n2)nn1C.O=C(O)C(F)(F)F. The number of hydrogen-bond acceptors (Lipinski definition) is 9. The number of carboxylic acids is 1. The van der Waals surface area contributed by atoms with E-state index in [-0.39, 0.29) is 12.0 Å². The number of anilines is 1. The highest BCUT2D eigenvalue weighted by atomic mass is 32.2. The van der Waals surface area contributed by atoms with Gasteiger partial charge in [0, 0.05) is 29.8 Å². The van der Waals surface area contributed by atoms with Crippen LogP contribution in [0.4, 0.5) is 19.0 Å². The number of nitrogens with zero attached hydrogens (tertiary/aromatic N) is 4. The van der Waals surface area contributed by atoms with E-state index in [2.05, 4.69) is 31.2 Å². The Morgan fingerprint density at radius 3 is 2.70 bits per heavy atom. The number of rotatable bonds is 5. The number of ether oxygens (including phenoxy) is 1. The average Bonchev–Trinajstić information content (AvgIpc) is 3.40. The van der Waals surface area contributed by atoms with Gasteiger partial charge in [-0.1, -0.05) is 25.6 Å². The number of fused-ring (bicyclic) bond motifs is 1. The fourth-order valence-corrected chi connectivity index (χ4v) is 5.99. The first-order valence-corrected chi connectivity index (χ1v) is 13.3. The van der Waals surface area contributed by atoms with Gasteiger partial charge in [-0.2, -0.15) is 18.3 Å². The van der Waals surface area contributed by atoms with Gasteiger partial charge in [-0.15, -0.1) is 11.3 Å². The van der Waals surface area contributed by atoms with E-state index in [4.69, 9.17) is 30.3 Å². The second kappa shape index (κ2) is 11.4. The van der Waals surface area contributed by atoms with E-state index in [0.29, 0.717) is 35.1 Å². The summed E-state index contributed by atoms with van der Waals surface area (Å²) in [4.78, 5) is 31.1. The Hall–Kier alpha value is -2.65. The van der Waals surface area contributed by atoms with E-state index in [1.165, 1.54) is 11.3 Å². The number of thiazole rings is 1. The molecule has 10 nitrogen and oxygen atoms in total. The summed E-state index contributed by atoms with van der Waals surface area (Å²) in [6.45, 7) is 6.83. The minimum absolute atomic E-state index is 0.196. The van der Waals surface area contributed by atoms with Crippen LogP contribution in [0.3, 0.4) is 0 Å². The van der Waals surface area contributed by atoms with E-state index in [1.54, 1.807) is 16.4 Å². The van der Waals surface area contributed by atoms with Crippen LogP contribution in [-0.2, 0) is 28.5 Å². The van der Waals surface area contributed by atoms with E-state index in [0.717, 1.165) is 29.3 Å². The monoisotopic (exact) mass is 562 g/mol. The lowest BCUT2D eigenvalue weighted by Crippen LogP contribution is -2.49. The molecule has 15 heteroatoms. The zero-order valence-corrected chi connectivity index (χ0v) is 22.3. The highest BCUT2D eigenvalue weighted by molar-refractivity contribution is 8.13. The number of nitrogens with two attached hydrogens (primary N) is 1. The van der Waals surface area contributed by atoms with Crippen LogP contribution in [0.15, 0.2) is 16.4 Å². The summed E-state index contributed by atoms with van der Waals surface area (Å²) in [7, 11) is 1.86.